The Labute approximate surface area is 166 Å². The van der Waals surface area contributed by atoms with E-state index >= 15 is 0 Å². The minimum Gasteiger partial charge on any atom is -0.348 e. The lowest BCUT2D eigenvalue weighted by Crippen LogP contribution is -2.54. The van der Waals surface area contributed by atoms with Crippen LogP contribution in [0.3, 0.4) is 0 Å². The molecule has 1 aromatic carbocycles. The Morgan fingerprint density at radius 2 is 2.07 bits per heavy atom. The van der Waals surface area contributed by atoms with Crippen molar-refractivity contribution in [1.82, 2.24) is 19.8 Å². The highest BCUT2D eigenvalue weighted by Gasteiger charge is 2.41. The molecule has 6 heteroatoms. The highest BCUT2D eigenvalue weighted by atomic mass is 16.2. The topological polar surface area (TPSA) is 76.0 Å². The standard InChI is InChI=1S/C22H27N5O/c23-12-18-2-4-19(5-3-18)14-26-10-1-8-22(15-26)9-6-21(28)27(16-22)11-7-20-13-24-17-25-20/h2-5,13,17H,1,6-11,14-16H2,(H,24,25)/t22-/m1/s1. The van der Waals surface area contributed by atoms with Crippen LogP contribution in [0.5, 0.6) is 0 Å². The summed E-state index contributed by atoms with van der Waals surface area (Å²) in [4.78, 5) is 24.3. The number of nitriles is 1. The van der Waals surface area contributed by atoms with Crippen molar-refractivity contribution in [3.8, 4) is 6.07 Å². The van der Waals surface area contributed by atoms with Crippen molar-refractivity contribution in [2.75, 3.05) is 26.2 Å². The van der Waals surface area contributed by atoms with Gasteiger partial charge in [-0.15, -0.1) is 0 Å². The molecule has 1 atom stereocenters. The maximum atomic E-state index is 12.5. The van der Waals surface area contributed by atoms with Crippen LogP contribution in [-0.2, 0) is 17.8 Å². The van der Waals surface area contributed by atoms with Gasteiger partial charge in [0.1, 0.15) is 0 Å². The Bertz CT molecular complexity index is 839. The van der Waals surface area contributed by atoms with E-state index in [0.29, 0.717) is 12.0 Å². The summed E-state index contributed by atoms with van der Waals surface area (Å²) >= 11 is 0. The third kappa shape index (κ3) is 4.26. The second-order valence-electron chi connectivity index (χ2n) is 8.27. The number of hydrogen-bond donors (Lipinski definition) is 1. The van der Waals surface area contributed by atoms with Crippen LogP contribution < -0.4 is 0 Å². The molecule has 0 radical (unpaired) electrons. The van der Waals surface area contributed by atoms with Crippen LogP contribution in [0, 0.1) is 16.7 Å². The predicted octanol–water partition coefficient (Wildman–Crippen LogP) is 2.73. The summed E-state index contributed by atoms with van der Waals surface area (Å²) in [5.41, 5.74) is 3.25. The van der Waals surface area contributed by atoms with Gasteiger partial charge in [0.15, 0.2) is 0 Å². The molecule has 1 N–H and O–H groups in total. The second kappa shape index (κ2) is 8.15. The lowest BCUT2D eigenvalue weighted by molar-refractivity contribution is -0.139. The monoisotopic (exact) mass is 377 g/mol. The zero-order valence-electron chi connectivity index (χ0n) is 16.2. The average Bonchev–Trinajstić information content (AvgIpc) is 3.23. The normalized spacial score (nSPS) is 23.1. The summed E-state index contributed by atoms with van der Waals surface area (Å²) in [7, 11) is 0. The van der Waals surface area contributed by atoms with Gasteiger partial charge in [-0.1, -0.05) is 12.1 Å². The molecule has 2 aliphatic rings. The molecule has 0 saturated carbocycles. The van der Waals surface area contributed by atoms with E-state index in [2.05, 4.69) is 38.0 Å². The molecule has 0 bridgehead atoms. The Hall–Kier alpha value is -2.65. The lowest BCUT2D eigenvalue weighted by atomic mass is 9.73. The number of carbonyl (C=O) groups is 1. The number of carbonyl (C=O) groups excluding carboxylic acids is 1. The zero-order chi connectivity index (χ0) is 19.4. The first kappa shape index (κ1) is 18.7. The maximum Gasteiger partial charge on any atom is 0.222 e. The van der Waals surface area contributed by atoms with E-state index in [1.807, 2.05) is 18.3 Å². The first-order chi connectivity index (χ1) is 13.7. The zero-order valence-corrected chi connectivity index (χ0v) is 16.2. The molecule has 0 unspecified atom stereocenters. The molecule has 0 aliphatic carbocycles. The maximum absolute atomic E-state index is 12.5. The SMILES string of the molecule is N#Cc1ccc(CN2CCC[C@@]3(CCC(=O)N(CCc4cnc[nH]4)C3)C2)cc1. The first-order valence-corrected chi connectivity index (χ1v) is 10.1. The molecule has 1 amide bonds. The van der Waals surface area contributed by atoms with Gasteiger partial charge < -0.3 is 9.88 Å². The Balaban J connectivity index is 1.38. The highest BCUT2D eigenvalue weighted by Crippen LogP contribution is 2.39. The van der Waals surface area contributed by atoms with Crippen molar-refractivity contribution < 1.29 is 4.79 Å². The third-order valence-corrected chi connectivity index (χ3v) is 6.18. The summed E-state index contributed by atoms with van der Waals surface area (Å²) in [6.07, 6.45) is 8.39. The number of hydrogen-bond acceptors (Lipinski definition) is 4. The number of H-pyrrole nitrogens is 1. The summed E-state index contributed by atoms with van der Waals surface area (Å²) < 4.78 is 0. The Kier molecular flexibility index (Phi) is 5.45. The van der Waals surface area contributed by atoms with E-state index in [4.69, 9.17) is 5.26 Å². The van der Waals surface area contributed by atoms with Crippen molar-refractivity contribution in [3.05, 3.63) is 53.6 Å². The van der Waals surface area contributed by atoms with Gasteiger partial charge in [-0.2, -0.15) is 5.26 Å². The minimum atomic E-state index is 0.215. The fraction of sp³-hybridized carbons (Fsp3) is 0.500. The molecular weight excluding hydrogens is 350 g/mol. The first-order valence-electron chi connectivity index (χ1n) is 10.1. The summed E-state index contributed by atoms with van der Waals surface area (Å²) in [6.45, 7) is 4.68. The van der Waals surface area contributed by atoms with E-state index in [0.717, 1.165) is 51.3 Å². The van der Waals surface area contributed by atoms with Crippen LogP contribution >= 0.6 is 0 Å². The van der Waals surface area contributed by atoms with Crippen LogP contribution in [0.1, 0.15) is 42.5 Å². The molecule has 2 saturated heterocycles. The molecule has 1 spiro atoms. The summed E-state index contributed by atoms with van der Waals surface area (Å²) in [5, 5.41) is 8.97. The molecule has 4 rings (SSSR count). The second-order valence-corrected chi connectivity index (χ2v) is 8.27. The van der Waals surface area contributed by atoms with E-state index in [1.165, 1.54) is 18.4 Å². The number of imidazole rings is 1. The number of likely N-dealkylation sites (tertiary alicyclic amines) is 2. The average molecular weight is 377 g/mol. The summed E-state index contributed by atoms with van der Waals surface area (Å²) in [5.74, 6) is 0.286. The number of benzene rings is 1. The number of piperidine rings is 2. The van der Waals surface area contributed by atoms with Crippen LogP contribution in [0.2, 0.25) is 0 Å². The number of nitrogens with zero attached hydrogens (tertiary/aromatic N) is 4. The minimum absolute atomic E-state index is 0.215. The van der Waals surface area contributed by atoms with E-state index in [-0.39, 0.29) is 11.3 Å². The van der Waals surface area contributed by atoms with Crippen LogP contribution in [0.25, 0.3) is 0 Å². The molecular formula is C22H27N5O. The third-order valence-electron chi connectivity index (χ3n) is 6.18. The van der Waals surface area contributed by atoms with Gasteiger partial charge in [0.25, 0.3) is 0 Å². The van der Waals surface area contributed by atoms with Gasteiger partial charge in [0, 0.05) is 56.3 Å². The molecule has 2 fully saturated rings. The van der Waals surface area contributed by atoms with Gasteiger partial charge in [-0.25, -0.2) is 4.98 Å². The van der Waals surface area contributed by atoms with Gasteiger partial charge in [0.05, 0.1) is 18.0 Å². The number of amides is 1. The van der Waals surface area contributed by atoms with Gasteiger partial charge >= 0.3 is 0 Å². The smallest absolute Gasteiger partial charge is 0.222 e. The largest absolute Gasteiger partial charge is 0.348 e. The van der Waals surface area contributed by atoms with Gasteiger partial charge in [-0.3, -0.25) is 9.69 Å². The van der Waals surface area contributed by atoms with Crippen molar-refractivity contribution in [3.63, 3.8) is 0 Å². The molecule has 6 nitrogen and oxygen atoms in total. The Morgan fingerprint density at radius 3 is 2.82 bits per heavy atom. The van der Waals surface area contributed by atoms with Crippen LogP contribution in [-0.4, -0.2) is 51.9 Å². The van der Waals surface area contributed by atoms with Crippen molar-refractivity contribution in [1.29, 1.82) is 5.26 Å². The summed E-state index contributed by atoms with van der Waals surface area (Å²) in [6, 6.07) is 10.1. The number of nitrogens with one attached hydrogen (secondary N) is 1. The van der Waals surface area contributed by atoms with E-state index in [1.54, 1.807) is 6.33 Å². The lowest BCUT2D eigenvalue weighted by Gasteiger charge is -2.48. The fourth-order valence-electron chi connectivity index (χ4n) is 4.70. The van der Waals surface area contributed by atoms with Gasteiger partial charge in [0.2, 0.25) is 5.91 Å². The quantitative estimate of drug-likeness (QED) is 0.869. The highest BCUT2D eigenvalue weighted by molar-refractivity contribution is 5.77. The molecule has 3 heterocycles. The molecule has 146 valence electrons. The van der Waals surface area contributed by atoms with Crippen molar-refractivity contribution in [2.24, 2.45) is 5.41 Å². The van der Waals surface area contributed by atoms with Crippen LogP contribution in [0.4, 0.5) is 0 Å². The molecule has 2 aromatic rings. The molecule has 2 aliphatic heterocycles. The number of aromatic amines is 1. The molecule has 28 heavy (non-hydrogen) atoms. The number of rotatable bonds is 5. The van der Waals surface area contributed by atoms with Crippen molar-refractivity contribution in [2.45, 2.75) is 38.6 Å². The predicted molar refractivity (Wildman–Crippen MR) is 106 cm³/mol. The Morgan fingerprint density at radius 1 is 1.21 bits per heavy atom. The fourth-order valence-corrected chi connectivity index (χ4v) is 4.70. The molecule has 1 aromatic heterocycles. The van der Waals surface area contributed by atoms with Gasteiger partial charge in [-0.05, 0) is 43.5 Å². The van der Waals surface area contributed by atoms with Crippen molar-refractivity contribution >= 4 is 5.91 Å². The number of aromatic nitrogens is 2. The van der Waals surface area contributed by atoms with E-state index < -0.39 is 0 Å². The van der Waals surface area contributed by atoms with Crippen LogP contribution in [0.15, 0.2) is 36.8 Å². The van der Waals surface area contributed by atoms with E-state index in [9.17, 15) is 4.79 Å².